The van der Waals surface area contributed by atoms with Gasteiger partial charge in [-0.2, -0.15) is 0 Å². The number of hydrogen-bond donors (Lipinski definition) is 1. The number of thiocarbonyl (C=S) groups is 1. The second-order valence-corrected chi connectivity index (χ2v) is 9.07. The number of aryl methyl sites for hydroxylation is 3. The number of nitrogens with one attached hydrogen (secondary N) is 1. The fourth-order valence-electron chi connectivity index (χ4n) is 4.69. The van der Waals surface area contributed by atoms with E-state index in [1.807, 2.05) is 24.5 Å². The summed E-state index contributed by atoms with van der Waals surface area (Å²) in [5.41, 5.74) is 7.90. The minimum atomic E-state index is -0.0695. The van der Waals surface area contributed by atoms with Gasteiger partial charge in [-0.1, -0.05) is 29.8 Å². The van der Waals surface area contributed by atoms with Gasteiger partial charge in [0.15, 0.2) is 5.11 Å². The average molecular weight is 454 g/mol. The van der Waals surface area contributed by atoms with Crippen molar-refractivity contribution >= 4 is 23.0 Å². The third-order valence-corrected chi connectivity index (χ3v) is 6.64. The molecule has 5 rings (SSSR count). The molecule has 6 heteroatoms. The van der Waals surface area contributed by atoms with E-state index in [-0.39, 0.29) is 12.1 Å². The summed E-state index contributed by atoms with van der Waals surface area (Å²) in [6.45, 7) is 8.44. The Morgan fingerprint density at radius 1 is 0.879 bits per heavy atom. The van der Waals surface area contributed by atoms with Crippen LogP contribution in [0.5, 0.6) is 0 Å². The summed E-state index contributed by atoms with van der Waals surface area (Å²) in [5.74, 6) is 0.923. The lowest BCUT2D eigenvalue weighted by Crippen LogP contribution is -2.29. The molecule has 1 aliphatic heterocycles. The molecule has 0 bridgehead atoms. The first-order valence-corrected chi connectivity index (χ1v) is 11.5. The number of benzene rings is 1. The fourth-order valence-corrected chi connectivity index (χ4v) is 5.03. The van der Waals surface area contributed by atoms with Crippen molar-refractivity contribution in [2.75, 3.05) is 4.90 Å². The van der Waals surface area contributed by atoms with Crippen LogP contribution in [0.1, 0.15) is 45.9 Å². The molecule has 1 aliphatic rings. The van der Waals surface area contributed by atoms with E-state index >= 15 is 0 Å². The standard InChI is InChI=1S/C27H27N5S/c1-17-8-11-21(12-9-17)32-26(25(30-27(32)33)23-7-5-6-14-28-23)22-15-19(3)31(20(22)4)24-13-10-18(2)16-29-24/h5-16,25-26H,1-4H3,(H,30,33)/t25-,26-/m0/s1. The van der Waals surface area contributed by atoms with Gasteiger partial charge in [-0.05, 0) is 87.4 Å². The second-order valence-electron chi connectivity index (χ2n) is 8.69. The molecule has 1 saturated heterocycles. The minimum Gasteiger partial charge on any atom is -0.351 e. The molecule has 166 valence electrons. The molecule has 0 aliphatic carbocycles. The maximum Gasteiger partial charge on any atom is 0.174 e. The van der Waals surface area contributed by atoms with Gasteiger partial charge in [-0.15, -0.1) is 0 Å². The molecule has 4 aromatic rings. The van der Waals surface area contributed by atoms with Crippen LogP contribution in [-0.4, -0.2) is 19.6 Å². The Labute approximate surface area is 200 Å². The predicted molar refractivity (Wildman–Crippen MR) is 137 cm³/mol. The summed E-state index contributed by atoms with van der Waals surface area (Å²) in [5, 5.41) is 4.26. The highest BCUT2D eigenvalue weighted by molar-refractivity contribution is 7.80. The second kappa shape index (κ2) is 8.45. The van der Waals surface area contributed by atoms with Crippen molar-refractivity contribution in [3.63, 3.8) is 0 Å². The lowest BCUT2D eigenvalue weighted by molar-refractivity contribution is 0.565. The first-order chi connectivity index (χ1) is 15.9. The van der Waals surface area contributed by atoms with Gasteiger partial charge in [0, 0.05) is 29.5 Å². The van der Waals surface area contributed by atoms with Crippen molar-refractivity contribution < 1.29 is 0 Å². The SMILES string of the molecule is Cc1ccc(N2C(=S)N[C@@H](c3ccccn3)[C@@H]2c2cc(C)n(-c3ccc(C)cn3)c2C)cc1. The molecule has 0 unspecified atom stereocenters. The van der Waals surface area contributed by atoms with E-state index in [1.54, 1.807) is 0 Å². The Hall–Kier alpha value is -3.51. The molecule has 0 radical (unpaired) electrons. The maximum absolute atomic E-state index is 5.87. The third-order valence-electron chi connectivity index (χ3n) is 6.32. The number of pyridine rings is 2. The number of aromatic nitrogens is 3. The quantitative estimate of drug-likeness (QED) is 0.403. The van der Waals surface area contributed by atoms with E-state index in [0.717, 1.165) is 34.2 Å². The number of rotatable bonds is 4. The first-order valence-electron chi connectivity index (χ1n) is 11.1. The van der Waals surface area contributed by atoms with Gasteiger partial charge in [0.25, 0.3) is 0 Å². The number of anilines is 1. The topological polar surface area (TPSA) is 46.0 Å². The minimum absolute atomic E-state index is 0.0412. The van der Waals surface area contributed by atoms with Crippen LogP contribution in [0.25, 0.3) is 5.82 Å². The fraction of sp³-hybridized carbons (Fsp3) is 0.222. The van der Waals surface area contributed by atoms with Gasteiger partial charge in [-0.25, -0.2) is 4.98 Å². The zero-order chi connectivity index (χ0) is 23.1. The molecule has 1 N–H and O–H groups in total. The highest BCUT2D eigenvalue weighted by atomic mass is 32.1. The van der Waals surface area contributed by atoms with Crippen molar-refractivity contribution in [2.24, 2.45) is 0 Å². The van der Waals surface area contributed by atoms with Gasteiger partial charge in [0.1, 0.15) is 5.82 Å². The summed E-state index contributed by atoms with van der Waals surface area (Å²) in [4.78, 5) is 11.6. The normalized spacial score (nSPS) is 17.9. The van der Waals surface area contributed by atoms with Crippen molar-refractivity contribution in [1.82, 2.24) is 19.9 Å². The van der Waals surface area contributed by atoms with Gasteiger partial charge in [-0.3, -0.25) is 4.98 Å². The molecular formula is C27H27N5S. The van der Waals surface area contributed by atoms with Crippen LogP contribution in [0.3, 0.4) is 0 Å². The molecule has 0 amide bonds. The monoisotopic (exact) mass is 453 g/mol. The summed E-state index contributed by atoms with van der Waals surface area (Å²) < 4.78 is 2.22. The lowest BCUT2D eigenvalue weighted by Gasteiger charge is -2.28. The Bertz CT molecular complexity index is 1290. The Morgan fingerprint density at radius 3 is 2.30 bits per heavy atom. The van der Waals surface area contributed by atoms with Gasteiger partial charge >= 0.3 is 0 Å². The lowest BCUT2D eigenvalue weighted by atomic mass is 9.96. The van der Waals surface area contributed by atoms with Crippen LogP contribution in [0.4, 0.5) is 5.69 Å². The van der Waals surface area contributed by atoms with Crippen molar-refractivity contribution in [1.29, 1.82) is 0 Å². The molecular weight excluding hydrogens is 426 g/mol. The van der Waals surface area contributed by atoms with E-state index in [2.05, 4.69) is 101 Å². The maximum atomic E-state index is 5.87. The van der Waals surface area contributed by atoms with Crippen LogP contribution < -0.4 is 10.2 Å². The van der Waals surface area contributed by atoms with E-state index < -0.39 is 0 Å². The summed E-state index contributed by atoms with van der Waals surface area (Å²) >= 11 is 5.87. The van der Waals surface area contributed by atoms with Gasteiger partial charge in [0.05, 0.1) is 17.8 Å². The summed E-state index contributed by atoms with van der Waals surface area (Å²) in [6.07, 6.45) is 3.75. The average Bonchev–Trinajstić information content (AvgIpc) is 3.31. The van der Waals surface area contributed by atoms with Crippen LogP contribution >= 0.6 is 12.2 Å². The van der Waals surface area contributed by atoms with Crippen molar-refractivity contribution in [3.05, 3.63) is 107 Å². The molecule has 3 aromatic heterocycles. The van der Waals surface area contributed by atoms with Crippen LogP contribution in [0.15, 0.2) is 73.1 Å². The Balaban J connectivity index is 1.67. The van der Waals surface area contributed by atoms with Crippen molar-refractivity contribution in [2.45, 2.75) is 39.8 Å². The van der Waals surface area contributed by atoms with E-state index in [4.69, 9.17) is 12.2 Å². The molecule has 1 aromatic carbocycles. The largest absolute Gasteiger partial charge is 0.351 e. The van der Waals surface area contributed by atoms with E-state index in [0.29, 0.717) is 5.11 Å². The number of nitrogens with zero attached hydrogens (tertiary/aromatic N) is 4. The Morgan fingerprint density at radius 2 is 1.64 bits per heavy atom. The van der Waals surface area contributed by atoms with Crippen LogP contribution in [0, 0.1) is 27.7 Å². The van der Waals surface area contributed by atoms with Crippen LogP contribution in [0.2, 0.25) is 0 Å². The molecule has 1 fully saturated rings. The highest BCUT2D eigenvalue weighted by Gasteiger charge is 2.42. The Kier molecular flexibility index (Phi) is 5.46. The van der Waals surface area contributed by atoms with Crippen LogP contribution in [-0.2, 0) is 0 Å². The molecule has 4 heterocycles. The zero-order valence-corrected chi connectivity index (χ0v) is 20.1. The van der Waals surface area contributed by atoms with Gasteiger partial charge in [0.2, 0.25) is 0 Å². The summed E-state index contributed by atoms with van der Waals surface area (Å²) in [7, 11) is 0. The smallest absolute Gasteiger partial charge is 0.174 e. The van der Waals surface area contributed by atoms with Gasteiger partial charge < -0.3 is 14.8 Å². The predicted octanol–water partition coefficient (Wildman–Crippen LogP) is 5.68. The first kappa shape index (κ1) is 21.3. The highest BCUT2D eigenvalue weighted by Crippen LogP contribution is 2.43. The van der Waals surface area contributed by atoms with E-state index in [9.17, 15) is 0 Å². The number of hydrogen-bond acceptors (Lipinski definition) is 3. The molecule has 5 nitrogen and oxygen atoms in total. The molecule has 0 saturated carbocycles. The zero-order valence-electron chi connectivity index (χ0n) is 19.3. The van der Waals surface area contributed by atoms with Crippen molar-refractivity contribution in [3.8, 4) is 5.82 Å². The van der Waals surface area contributed by atoms with E-state index in [1.165, 1.54) is 11.1 Å². The molecule has 0 spiro atoms. The molecule has 33 heavy (non-hydrogen) atoms. The summed E-state index contributed by atoms with van der Waals surface area (Å²) in [6, 6.07) is 20.9. The molecule has 2 atom stereocenters. The third kappa shape index (κ3) is 3.80.